The second-order valence-electron chi connectivity index (χ2n) is 7.50. The number of benzene rings is 2. The number of carbonyl (C=O) groups excluding carboxylic acids is 1. The zero-order valence-corrected chi connectivity index (χ0v) is 19.6. The molecule has 1 N–H and O–H groups in total. The number of hydrogen-bond acceptors (Lipinski definition) is 7. The Hall–Kier alpha value is -3.79. The van der Waals surface area contributed by atoms with Crippen LogP contribution in [0.2, 0.25) is 10.0 Å². The predicted molar refractivity (Wildman–Crippen MR) is 123 cm³/mol. The minimum atomic E-state index is -2.62. The van der Waals surface area contributed by atoms with Gasteiger partial charge in [0.1, 0.15) is 25.2 Å². The minimum absolute atomic E-state index is 0.00654. The van der Waals surface area contributed by atoms with E-state index in [4.69, 9.17) is 37.9 Å². The normalized spacial score (nSPS) is 13.0. The van der Waals surface area contributed by atoms with E-state index in [0.717, 1.165) is 4.68 Å². The van der Waals surface area contributed by atoms with E-state index in [1.807, 2.05) is 4.98 Å². The summed E-state index contributed by atoms with van der Waals surface area (Å²) in [6.07, 6.45) is -2.17. The van der Waals surface area contributed by atoms with Gasteiger partial charge in [0, 0.05) is 12.1 Å². The fourth-order valence-electron chi connectivity index (χ4n) is 3.48. The molecule has 1 aliphatic heterocycles. The Balaban J connectivity index is 1.56. The second-order valence-corrected chi connectivity index (χ2v) is 8.32. The van der Waals surface area contributed by atoms with E-state index >= 15 is 0 Å². The fraction of sp³-hybridized carbons (Fsp3) is 0.227. The highest BCUT2D eigenvalue weighted by Gasteiger charge is 2.25. The fourth-order valence-corrected chi connectivity index (χ4v) is 4.04. The standard InChI is InChI=1S/C22H15Cl2F2N5O5/c23-15-6-12(31-22(34)28-20(32)17(8-27)29-31)7-16(24)19(15)36-13-1-2-14-11(5-13)3-4-30(21(14)33)10-35-9-18(25)26/h1-2,5-7,18H,3-4,9-10H2,(H,28,32,34). The average molecular weight is 538 g/mol. The maximum absolute atomic E-state index is 12.6. The van der Waals surface area contributed by atoms with Crippen LogP contribution in [0.5, 0.6) is 11.5 Å². The first-order valence-electron chi connectivity index (χ1n) is 10.3. The lowest BCUT2D eigenvalue weighted by atomic mass is 9.99. The van der Waals surface area contributed by atoms with Crippen LogP contribution in [0.25, 0.3) is 5.69 Å². The molecule has 0 unspecified atom stereocenters. The zero-order valence-electron chi connectivity index (χ0n) is 18.1. The lowest BCUT2D eigenvalue weighted by Gasteiger charge is -2.28. The van der Waals surface area contributed by atoms with Crippen LogP contribution in [0.15, 0.2) is 39.9 Å². The minimum Gasteiger partial charge on any atom is -0.454 e. The summed E-state index contributed by atoms with van der Waals surface area (Å²) in [4.78, 5) is 39.7. The van der Waals surface area contributed by atoms with Gasteiger partial charge < -0.3 is 14.4 Å². The van der Waals surface area contributed by atoms with Gasteiger partial charge in [-0.15, -0.1) is 5.10 Å². The highest BCUT2D eigenvalue weighted by molar-refractivity contribution is 6.37. The molecule has 0 saturated carbocycles. The molecule has 0 aliphatic carbocycles. The monoisotopic (exact) mass is 537 g/mol. The number of rotatable bonds is 7. The van der Waals surface area contributed by atoms with Gasteiger partial charge >= 0.3 is 5.69 Å². The van der Waals surface area contributed by atoms with Gasteiger partial charge in [0.2, 0.25) is 5.69 Å². The van der Waals surface area contributed by atoms with Crippen molar-refractivity contribution in [3.63, 3.8) is 0 Å². The molecule has 2 aromatic carbocycles. The molecular weight excluding hydrogens is 523 g/mol. The number of ether oxygens (including phenoxy) is 2. The summed E-state index contributed by atoms with van der Waals surface area (Å²) >= 11 is 12.7. The number of carbonyl (C=O) groups is 1. The summed E-state index contributed by atoms with van der Waals surface area (Å²) in [7, 11) is 0. The van der Waals surface area contributed by atoms with E-state index in [0.29, 0.717) is 23.3 Å². The van der Waals surface area contributed by atoms with Crippen LogP contribution in [-0.2, 0) is 11.2 Å². The molecule has 0 fully saturated rings. The van der Waals surface area contributed by atoms with E-state index in [-0.39, 0.29) is 40.7 Å². The lowest BCUT2D eigenvalue weighted by Crippen LogP contribution is -2.39. The van der Waals surface area contributed by atoms with Crippen LogP contribution >= 0.6 is 23.2 Å². The molecule has 0 spiro atoms. The van der Waals surface area contributed by atoms with Gasteiger partial charge in [-0.3, -0.25) is 14.6 Å². The number of alkyl halides is 2. The summed E-state index contributed by atoms with van der Waals surface area (Å²) in [5.74, 6) is 0.0313. The number of halogens is 4. The van der Waals surface area contributed by atoms with Crippen LogP contribution in [0, 0.1) is 11.3 Å². The predicted octanol–water partition coefficient (Wildman–Crippen LogP) is 3.13. The molecule has 0 radical (unpaired) electrons. The Morgan fingerprint density at radius 3 is 2.56 bits per heavy atom. The Bertz CT molecular complexity index is 1480. The number of nitriles is 1. The first-order chi connectivity index (χ1) is 17.2. The molecule has 2 heterocycles. The SMILES string of the molecule is N#Cc1nn(-c2cc(Cl)c(Oc3ccc4c(c3)CCN(COCC(F)F)C4=O)c(Cl)c2)c(=O)[nH]c1=O. The quantitative estimate of drug-likeness (QED) is 0.489. The van der Waals surface area contributed by atoms with Crippen molar-refractivity contribution in [2.45, 2.75) is 12.8 Å². The molecule has 1 aromatic heterocycles. The van der Waals surface area contributed by atoms with Crippen molar-refractivity contribution < 1.29 is 23.0 Å². The van der Waals surface area contributed by atoms with E-state index in [9.17, 15) is 23.2 Å². The summed E-state index contributed by atoms with van der Waals surface area (Å²) in [6.45, 7) is -0.710. The van der Waals surface area contributed by atoms with Gasteiger partial charge in [-0.25, -0.2) is 13.6 Å². The Morgan fingerprint density at radius 1 is 1.17 bits per heavy atom. The maximum Gasteiger partial charge on any atom is 0.349 e. The number of H-pyrrole nitrogens is 1. The van der Waals surface area contributed by atoms with E-state index in [1.165, 1.54) is 29.2 Å². The molecule has 0 atom stereocenters. The Morgan fingerprint density at radius 2 is 1.89 bits per heavy atom. The molecule has 0 saturated heterocycles. The summed E-state index contributed by atoms with van der Waals surface area (Å²) in [5.41, 5.74) is -1.19. The number of nitrogens with zero attached hydrogens (tertiary/aromatic N) is 4. The van der Waals surface area contributed by atoms with Crippen molar-refractivity contribution in [2.75, 3.05) is 19.9 Å². The summed E-state index contributed by atoms with van der Waals surface area (Å²) in [5, 5.41) is 12.7. The Labute approximate surface area is 211 Å². The smallest absolute Gasteiger partial charge is 0.349 e. The average Bonchev–Trinajstić information content (AvgIpc) is 2.82. The number of amides is 1. The zero-order chi connectivity index (χ0) is 26.0. The number of aromatic nitrogens is 3. The van der Waals surface area contributed by atoms with Crippen molar-refractivity contribution >= 4 is 29.1 Å². The van der Waals surface area contributed by atoms with Gasteiger partial charge in [0.25, 0.3) is 17.9 Å². The third kappa shape index (κ3) is 5.23. The number of nitrogens with one attached hydrogen (secondary N) is 1. The molecule has 36 heavy (non-hydrogen) atoms. The number of aromatic amines is 1. The third-order valence-corrected chi connectivity index (χ3v) is 5.68. The van der Waals surface area contributed by atoms with E-state index in [1.54, 1.807) is 12.1 Å². The van der Waals surface area contributed by atoms with Crippen molar-refractivity contribution in [1.29, 1.82) is 5.26 Å². The molecule has 10 nitrogen and oxygen atoms in total. The van der Waals surface area contributed by atoms with Crippen molar-refractivity contribution in [3.05, 3.63) is 78.0 Å². The molecule has 186 valence electrons. The van der Waals surface area contributed by atoms with Gasteiger partial charge in [0.15, 0.2) is 5.75 Å². The van der Waals surface area contributed by atoms with Gasteiger partial charge in [-0.1, -0.05) is 23.2 Å². The molecule has 1 amide bonds. The van der Waals surface area contributed by atoms with Crippen LogP contribution in [-0.4, -0.2) is 51.9 Å². The third-order valence-electron chi connectivity index (χ3n) is 5.12. The molecule has 14 heteroatoms. The summed E-state index contributed by atoms with van der Waals surface area (Å²) < 4.78 is 36.0. The second kappa shape index (κ2) is 10.4. The van der Waals surface area contributed by atoms with E-state index < -0.39 is 30.0 Å². The van der Waals surface area contributed by atoms with Crippen LogP contribution in [0.1, 0.15) is 21.6 Å². The molecule has 0 bridgehead atoms. The largest absolute Gasteiger partial charge is 0.454 e. The first kappa shape index (κ1) is 25.3. The van der Waals surface area contributed by atoms with Gasteiger partial charge in [-0.2, -0.15) is 9.94 Å². The molecule has 4 rings (SSSR count). The number of hydrogen-bond donors (Lipinski definition) is 1. The van der Waals surface area contributed by atoms with Crippen LogP contribution in [0.4, 0.5) is 8.78 Å². The summed E-state index contributed by atoms with van der Waals surface area (Å²) in [6, 6.07) is 8.91. The molecule has 3 aromatic rings. The van der Waals surface area contributed by atoms with Crippen molar-refractivity contribution in [2.24, 2.45) is 0 Å². The number of fused-ring (bicyclic) bond motifs is 1. The topological polar surface area (TPSA) is 130 Å². The highest BCUT2D eigenvalue weighted by Crippen LogP contribution is 2.38. The van der Waals surface area contributed by atoms with Crippen LogP contribution in [0.3, 0.4) is 0 Å². The Kier molecular flexibility index (Phi) is 7.35. The van der Waals surface area contributed by atoms with Crippen molar-refractivity contribution in [1.82, 2.24) is 19.7 Å². The highest BCUT2D eigenvalue weighted by atomic mass is 35.5. The van der Waals surface area contributed by atoms with E-state index in [2.05, 4.69) is 5.10 Å². The first-order valence-corrected chi connectivity index (χ1v) is 11.0. The van der Waals surface area contributed by atoms with Crippen molar-refractivity contribution in [3.8, 4) is 23.3 Å². The van der Waals surface area contributed by atoms with Crippen LogP contribution < -0.4 is 16.0 Å². The van der Waals surface area contributed by atoms with Gasteiger partial charge in [-0.05, 0) is 42.3 Å². The molecular formula is C22H15Cl2F2N5O5. The molecule has 1 aliphatic rings. The lowest BCUT2D eigenvalue weighted by molar-refractivity contribution is -0.0254. The van der Waals surface area contributed by atoms with Gasteiger partial charge in [0.05, 0.1) is 15.7 Å². The maximum atomic E-state index is 12.6.